The molecule has 0 saturated carbocycles. The van der Waals surface area contributed by atoms with Crippen LogP contribution in [-0.4, -0.2) is 52.7 Å². The lowest BCUT2D eigenvalue weighted by molar-refractivity contribution is -0.111. The largest absolute Gasteiger partial charge is 0.367 e. The zero-order valence-corrected chi connectivity index (χ0v) is 14.9. The number of fused-ring (bicyclic) bond motifs is 2. The average molecular weight is 396 g/mol. The van der Waals surface area contributed by atoms with Gasteiger partial charge < -0.3 is 15.2 Å². The third kappa shape index (κ3) is 2.84. The minimum absolute atomic E-state index is 0.0244. The van der Waals surface area contributed by atoms with Crippen LogP contribution < -0.4 is 5.32 Å². The Balaban J connectivity index is 1.54. The zero-order chi connectivity index (χ0) is 16.0. The van der Waals surface area contributed by atoms with E-state index in [-0.39, 0.29) is 6.04 Å². The van der Waals surface area contributed by atoms with Crippen LogP contribution in [0.5, 0.6) is 0 Å². The first-order valence-corrected chi connectivity index (χ1v) is 9.52. The number of thioether (sulfide) groups is 1. The third-order valence-corrected chi connectivity index (χ3v) is 6.63. The summed E-state index contributed by atoms with van der Waals surface area (Å²) in [6.45, 7) is 1.48. The van der Waals surface area contributed by atoms with Gasteiger partial charge in [-0.05, 0) is 37.5 Å². The summed E-state index contributed by atoms with van der Waals surface area (Å²) in [5.74, 6) is 0.748. The molecule has 3 aliphatic heterocycles. The number of carbonyl (C=O) groups is 1. The second-order valence-corrected chi connectivity index (χ2v) is 8.32. The Bertz CT molecular complexity index is 670. The van der Waals surface area contributed by atoms with Gasteiger partial charge in [0.15, 0.2) is 6.23 Å². The predicted octanol–water partition coefficient (Wildman–Crippen LogP) is 1.91. The molecule has 0 amide bonds. The van der Waals surface area contributed by atoms with Crippen LogP contribution in [0, 0.1) is 0 Å². The summed E-state index contributed by atoms with van der Waals surface area (Å²) in [7, 11) is 0. The summed E-state index contributed by atoms with van der Waals surface area (Å²) < 4.78 is 1.08. The first-order valence-electron chi connectivity index (χ1n) is 7.85. The first kappa shape index (κ1) is 15.6. The average Bonchev–Trinajstić information content (AvgIpc) is 3.12. The zero-order valence-electron chi connectivity index (χ0n) is 12.5. The maximum absolute atomic E-state index is 11.1. The van der Waals surface area contributed by atoms with Gasteiger partial charge in [-0.25, -0.2) is 4.99 Å². The van der Waals surface area contributed by atoms with Crippen molar-refractivity contribution in [3.63, 3.8) is 0 Å². The van der Waals surface area contributed by atoms with Crippen molar-refractivity contribution in [2.75, 3.05) is 13.1 Å². The number of allylic oxidation sites excluding steroid dienone is 4. The van der Waals surface area contributed by atoms with E-state index in [4.69, 9.17) is 0 Å². The predicted molar refractivity (Wildman–Crippen MR) is 95.4 cm³/mol. The molecule has 23 heavy (non-hydrogen) atoms. The summed E-state index contributed by atoms with van der Waals surface area (Å²) in [5, 5.41) is 14.2. The van der Waals surface area contributed by atoms with E-state index in [1.54, 1.807) is 11.8 Å². The fourth-order valence-corrected chi connectivity index (χ4v) is 5.23. The molecular weight excluding hydrogens is 378 g/mol. The van der Waals surface area contributed by atoms with Crippen molar-refractivity contribution in [2.24, 2.45) is 4.99 Å². The number of likely N-dealkylation sites (tertiary alicyclic amines) is 1. The van der Waals surface area contributed by atoms with Crippen LogP contribution in [0.15, 0.2) is 37.8 Å². The molecular formula is C16H18BrN3O2S. The van der Waals surface area contributed by atoms with Gasteiger partial charge in [0.2, 0.25) is 0 Å². The van der Waals surface area contributed by atoms with Crippen LogP contribution >= 0.6 is 27.7 Å². The molecule has 3 unspecified atom stereocenters. The Kier molecular flexibility index (Phi) is 4.21. The van der Waals surface area contributed by atoms with Gasteiger partial charge in [0.05, 0.1) is 23.2 Å². The summed E-state index contributed by atoms with van der Waals surface area (Å²) >= 11 is 5.24. The summed E-state index contributed by atoms with van der Waals surface area (Å²) in [6.07, 6.45) is 7.40. The minimum Gasteiger partial charge on any atom is -0.367 e. The van der Waals surface area contributed by atoms with E-state index >= 15 is 0 Å². The highest BCUT2D eigenvalue weighted by Crippen LogP contribution is 2.47. The number of amidine groups is 1. The molecule has 7 heteroatoms. The number of hydrogen-bond donors (Lipinski definition) is 2. The maximum atomic E-state index is 11.1. The standard InChI is InChI=1S/C16H18BrN3O2S/c17-9-3-4-12-11(6-9)14-15(23-12)16(22)19-13(18-14)7-20-5-1-2-10(20)8-21/h3,6,8,10,12,16,22H,1-2,4-5,7H2,(H,18,19). The van der Waals surface area contributed by atoms with Crippen LogP contribution in [0.4, 0.5) is 0 Å². The molecule has 1 aliphatic carbocycles. The van der Waals surface area contributed by atoms with Crippen molar-refractivity contribution < 1.29 is 9.90 Å². The molecule has 0 spiro atoms. The summed E-state index contributed by atoms with van der Waals surface area (Å²) in [5.41, 5.74) is 2.23. The highest BCUT2D eigenvalue weighted by molar-refractivity contribution is 9.11. The highest BCUT2D eigenvalue weighted by Gasteiger charge is 2.38. The monoisotopic (exact) mass is 395 g/mol. The maximum Gasteiger partial charge on any atom is 0.181 e. The van der Waals surface area contributed by atoms with Crippen molar-refractivity contribution in [2.45, 2.75) is 36.8 Å². The lowest BCUT2D eigenvalue weighted by atomic mass is 10.0. The van der Waals surface area contributed by atoms with Crippen LogP contribution in [0.1, 0.15) is 19.3 Å². The molecule has 0 aromatic carbocycles. The van der Waals surface area contributed by atoms with Gasteiger partial charge in [-0.2, -0.15) is 0 Å². The number of nitrogens with zero attached hydrogens (tertiary/aromatic N) is 2. The van der Waals surface area contributed by atoms with E-state index in [0.29, 0.717) is 11.8 Å². The molecule has 0 aromatic heterocycles. The quantitative estimate of drug-likeness (QED) is 0.714. The van der Waals surface area contributed by atoms with Crippen molar-refractivity contribution in [3.8, 4) is 0 Å². The van der Waals surface area contributed by atoms with Crippen molar-refractivity contribution in [1.29, 1.82) is 0 Å². The van der Waals surface area contributed by atoms with Gasteiger partial charge in [-0.1, -0.05) is 22.0 Å². The second kappa shape index (κ2) is 6.20. The van der Waals surface area contributed by atoms with E-state index in [0.717, 1.165) is 53.0 Å². The van der Waals surface area contributed by atoms with Gasteiger partial charge in [0.1, 0.15) is 12.1 Å². The van der Waals surface area contributed by atoms with Crippen LogP contribution in [0.3, 0.4) is 0 Å². The Morgan fingerprint density at radius 1 is 1.57 bits per heavy atom. The molecule has 122 valence electrons. The molecule has 3 atom stereocenters. The molecule has 4 aliphatic rings. The van der Waals surface area contributed by atoms with Crippen molar-refractivity contribution >= 4 is 39.8 Å². The SMILES string of the molecule is O=CC1CCCN1CC1=NC(O)C2=C(N1)C1=CC(Br)=CCC1S2. The van der Waals surface area contributed by atoms with Gasteiger partial charge >= 0.3 is 0 Å². The molecule has 5 nitrogen and oxygen atoms in total. The number of aliphatic hydroxyl groups excluding tert-OH is 1. The van der Waals surface area contributed by atoms with Gasteiger partial charge in [0.25, 0.3) is 0 Å². The van der Waals surface area contributed by atoms with Crippen molar-refractivity contribution in [3.05, 3.63) is 32.8 Å². The Morgan fingerprint density at radius 3 is 3.26 bits per heavy atom. The van der Waals surface area contributed by atoms with E-state index < -0.39 is 6.23 Å². The lowest BCUT2D eigenvalue weighted by Gasteiger charge is -2.26. The number of halogens is 1. The van der Waals surface area contributed by atoms with Gasteiger partial charge in [-0.3, -0.25) is 4.90 Å². The molecule has 2 N–H and O–H groups in total. The Morgan fingerprint density at radius 2 is 2.43 bits per heavy atom. The first-order chi connectivity index (χ1) is 11.2. The highest BCUT2D eigenvalue weighted by atomic mass is 79.9. The fraction of sp³-hybridized carbons (Fsp3) is 0.500. The van der Waals surface area contributed by atoms with E-state index in [2.05, 4.69) is 43.3 Å². The van der Waals surface area contributed by atoms with E-state index in [9.17, 15) is 9.90 Å². The third-order valence-electron chi connectivity index (χ3n) is 4.68. The number of nitrogens with one attached hydrogen (secondary N) is 1. The van der Waals surface area contributed by atoms with Crippen LogP contribution in [0.25, 0.3) is 0 Å². The topological polar surface area (TPSA) is 64.9 Å². The molecule has 4 rings (SSSR count). The normalized spacial score (nSPS) is 33.5. The molecule has 0 radical (unpaired) electrons. The smallest absolute Gasteiger partial charge is 0.181 e. The lowest BCUT2D eigenvalue weighted by Crippen LogP contribution is -2.43. The number of rotatable bonds is 3. The molecule has 0 aromatic rings. The Hall–Kier alpha value is -0.890. The summed E-state index contributed by atoms with van der Waals surface area (Å²) in [6, 6.07) is -0.0244. The Labute approximate surface area is 147 Å². The van der Waals surface area contributed by atoms with E-state index in [1.807, 2.05) is 0 Å². The van der Waals surface area contributed by atoms with Gasteiger partial charge in [0, 0.05) is 9.73 Å². The summed E-state index contributed by atoms with van der Waals surface area (Å²) in [4.78, 5) is 18.6. The number of hydrogen-bond acceptors (Lipinski definition) is 6. The molecule has 1 fully saturated rings. The minimum atomic E-state index is -0.797. The molecule has 0 bridgehead atoms. The van der Waals surface area contributed by atoms with Crippen LogP contribution in [-0.2, 0) is 4.79 Å². The molecule has 3 heterocycles. The number of aliphatic imine (C=N–C) groups is 1. The number of aliphatic hydroxyl groups is 1. The number of carbonyl (C=O) groups excluding carboxylic acids is 1. The van der Waals surface area contributed by atoms with Crippen molar-refractivity contribution in [1.82, 2.24) is 10.2 Å². The fourth-order valence-electron chi connectivity index (χ4n) is 3.53. The number of aldehydes is 1. The van der Waals surface area contributed by atoms with E-state index in [1.165, 1.54) is 5.57 Å². The second-order valence-electron chi connectivity index (χ2n) is 6.16. The van der Waals surface area contributed by atoms with Crippen LogP contribution in [0.2, 0.25) is 0 Å². The van der Waals surface area contributed by atoms with Gasteiger partial charge in [-0.15, -0.1) is 11.8 Å². The molecule has 1 saturated heterocycles.